The van der Waals surface area contributed by atoms with Gasteiger partial charge in [-0.15, -0.1) is 0 Å². The molecule has 0 fully saturated rings. The fourth-order valence-corrected chi connectivity index (χ4v) is 5.54. The lowest BCUT2D eigenvalue weighted by atomic mass is 9.97. The summed E-state index contributed by atoms with van der Waals surface area (Å²) in [4.78, 5) is 59.2. The molecule has 0 atom stereocenters. The molecule has 19 nitrogen and oxygen atoms in total. The molecule has 0 aliphatic carbocycles. The van der Waals surface area contributed by atoms with Gasteiger partial charge in [-0.25, -0.2) is 4.79 Å². The molecule has 7 N–H and O–H groups in total. The smallest absolute Gasteiger partial charge is 0.407 e. The normalized spacial score (nSPS) is 11.5. The van der Waals surface area contributed by atoms with Crippen molar-refractivity contribution in [1.82, 2.24) is 16.0 Å². The van der Waals surface area contributed by atoms with Crippen molar-refractivity contribution in [1.29, 1.82) is 0 Å². The Morgan fingerprint density at radius 2 is 1.12 bits per heavy atom. The topological polar surface area (TPSA) is 267 Å². The van der Waals surface area contributed by atoms with Crippen LogP contribution in [0.2, 0.25) is 0 Å². The molecular weight excluding hydrogens is 778 g/mol. The number of amides is 3. The van der Waals surface area contributed by atoms with Gasteiger partial charge in [-0.3, -0.25) is 19.2 Å². The molecule has 0 aromatic heterocycles. The minimum atomic E-state index is -1.62. The number of carboxylic acid groups (broad SMARTS) is 2. The fourth-order valence-electron chi connectivity index (χ4n) is 5.54. The SMILES string of the molecule is O=C(O)CCOCC(COCCC(=O)O)(COCCC(O)O)NC(=O)CCOCCNC(=O)COCCOCCNC(=O)OCc1c2ccccc2cc2ccccc12. The van der Waals surface area contributed by atoms with Gasteiger partial charge in [-0.1, -0.05) is 48.5 Å². The highest BCUT2D eigenvalue weighted by Gasteiger charge is 2.34. The second-order valence-corrected chi connectivity index (χ2v) is 13.2. The summed E-state index contributed by atoms with van der Waals surface area (Å²) < 4.78 is 38.2. The van der Waals surface area contributed by atoms with E-state index in [4.69, 9.17) is 53.6 Å². The van der Waals surface area contributed by atoms with E-state index < -0.39 is 35.8 Å². The zero-order valence-electron chi connectivity index (χ0n) is 32.9. The largest absolute Gasteiger partial charge is 0.481 e. The number of aliphatic carboxylic acids is 2. The summed E-state index contributed by atoms with van der Waals surface area (Å²) in [5.41, 5.74) is -0.436. The van der Waals surface area contributed by atoms with E-state index in [-0.39, 0.29) is 131 Å². The van der Waals surface area contributed by atoms with Gasteiger partial charge >= 0.3 is 18.0 Å². The van der Waals surface area contributed by atoms with Crippen molar-refractivity contribution in [3.63, 3.8) is 0 Å². The summed E-state index contributed by atoms with van der Waals surface area (Å²) in [5, 5.41) is 48.3. The van der Waals surface area contributed by atoms with Crippen LogP contribution in [-0.4, -0.2) is 154 Å². The quantitative estimate of drug-likeness (QED) is 0.0266. The first kappa shape index (κ1) is 48.4. The lowest BCUT2D eigenvalue weighted by molar-refractivity contribution is -0.140. The third-order valence-corrected chi connectivity index (χ3v) is 8.37. The molecule has 0 radical (unpaired) electrons. The van der Waals surface area contributed by atoms with Crippen LogP contribution in [0.1, 0.15) is 31.2 Å². The van der Waals surface area contributed by atoms with Crippen LogP contribution in [0, 0.1) is 0 Å². The first-order valence-electron chi connectivity index (χ1n) is 19.1. The Bertz CT molecular complexity index is 1680. The lowest BCUT2D eigenvalue weighted by Crippen LogP contribution is -2.59. The van der Waals surface area contributed by atoms with Crippen molar-refractivity contribution in [3.05, 3.63) is 60.2 Å². The van der Waals surface area contributed by atoms with Crippen molar-refractivity contribution >= 4 is 51.4 Å². The fraction of sp³-hybridized carbons (Fsp3) is 0.525. The number of aliphatic hydroxyl groups excluding tert-OH is 1. The van der Waals surface area contributed by atoms with E-state index in [1.165, 1.54) is 0 Å². The summed E-state index contributed by atoms with van der Waals surface area (Å²) in [6, 6.07) is 18.0. The van der Waals surface area contributed by atoms with Crippen molar-refractivity contribution in [2.45, 2.75) is 44.1 Å². The number of carboxylic acids is 2. The van der Waals surface area contributed by atoms with Gasteiger partial charge in [0.05, 0.1) is 85.5 Å². The molecule has 3 amide bonds. The van der Waals surface area contributed by atoms with Crippen LogP contribution in [-0.2, 0) is 58.9 Å². The van der Waals surface area contributed by atoms with Crippen LogP contribution in [0.5, 0.6) is 0 Å². The van der Waals surface area contributed by atoms with Crippen molar-refractivity contribution in [3.8, 4) is 0 Å². The predicted molar refractivity (Wildman–Crippen MR) is 210 cm³/mol. The molecule has 0 bridgehead atoms. The Hall–Kier alpha value is -4.99. The van der Waals surface area contributed by atoms with E-state index >= 15 is 0 Å². The molecule has 0 aliphatic heterocycles. The minimum absolute atomic E-state index is 0.0309. The number of hydrogen-bond acceptors (Lipinski definition) is 14. The van der Waals surface area contributed by atoms with Gasteiger partial charge in [0.2, 0.25) is 11.8 Å². The third kappa shape index (κ3) is 20.0. The number of fused-ring (bicyclic) bond motifs is 2. The first-order chi connectivity index (χ1) is 28.5. The number of alkyl carbamates (subject to hydrolysis) is 1. The van der Waals surface area contributed by atoms with Gasteiger partial charge in [0, 0.05) is 31.5 Å². The van der Waals surface area contributed by atoms with E-state index in [1.807, 2.05) is 48.5 Å². The molecule has 0 aliphatic rings. The van der Waals surface area contributed by atoms with Gasteiger partial charge in [0.15, 0.2) is 6.29 Å². The predicted octanol–water partition coefficient (Wildman–Crippen LogP) is 1.33. The van der Waals surface area contributed by atoms with Crippen LogP contribution in [0.15, 0.2) is 54.6 Å². The van der Waals surface area contributed by atoms with E-state index in [2.05, 4.69) is 22.0 Å². The number of rotatable bonds is 32. The highest BCUT2D eigenvalue weighted by molar-refractivity contribution is 6.02. The molecule has 0 saturated carbocycles. The van der Waals surface area contributed by atoms with Crippen LogP contribution < -0.4 is 16.0 Å². The van der Waals surface area contributed by atoms with E-state index in [0.717, 1.165) is 27.1 Å². The highest BCUT2D eigenvalue weighted by atomic mass is 16.6. The highest BCUT2D eigenvalue weighted by Crippen LogP contribution is 2.29. The molecule has 0 heterocycles. The molecule has 0 unspecified atom stereocenters. The lowest BCUT2D eigenvalue weighted by Gasteiger charge is -2.34. The minimum Gasteiger partial charge on any atom is -0.481 e. The van der Waals surface area contributed by atoms with Gasteiger partial charge in [0.1, 0.15) is 18.8 Å². The molecule has 326 valence electrons. The second-order valence-electron chi connectivity index (χ2n) is 13.2. The molecule has 0 spiro atoms. The number of benzene rings is 3. The second kappa shape index (κ2) is 27.7. The zero-order chi connectivity index (χ0) is 42.7. The number of carbonyl (C=O) groups excluding carboxylic acids is 3. The third-order valence-electron chi connectivity index (χ3n) is 8.37. The maximum absolute atomic E-state index is 12.9. The Morgan fingerprint density at radius 1 is 0.593 bits per heavy atom. The molecule has 3 rings (SSSR count). The van der Waals surface area contributed by atoms with Crippen molar-refractivity contribution in [2.75, 3.05) is 92.4 Å². The summed E-state index contributed by atoms with van der Waals surface area (Å²) in [5.74, 6) is -3.09. The maximum atomic E-state index is 12.9. The summed E-state index contributed by atoms with van der Waals surface area (Å²) in [6.07, 6.45) is -3.06. The number of aliphatic hydroxyl groups is 2. The van der Waals surface area contributed by atoms with Gasteiger partial charge < -0.3 is 69.5 Å². The van der Waals surface area contributed by atoms with Crippen molar-refractivity contribution in [2.24, 2.45) is 0 Å². The molecule has 3 aromatic carbocycles. The van der Waals surface area contributed by atoms with Crippen LogP contribution in [0.4, 0.5) is 4.79 Å². The molecule has 0 saturated heterocycles. The van der Waals surface area contributed by atoms with Crippen LogP contribution in [0.25, 0.3) is 21.5 Å². The Kier molecular flexibility index (Phi) is 22.7. The van der Waals surface area contributed by atoms with Crippen molar-refractivity contribution < 1.29 is 77.6 Å². The standard InChI is InChI=1S/C40H55N3O16/c44-34(43-40(26-56-16-10-36(46)47,27-57-17-11-37(48)49)28-58-18-12-38(50)51)9-15-53-19-13-41-35(45)25-55-22-21-54-20-14-42-39(52)59-24-33-31-7-3-1-5-29(31)23-30-6-2-4-8-32(30)33/h1-8,23,36,46-47H,9-22,24-28H2,(H,41,45)(H,42,52)(H,43,44)(H,48,49)(H,50,51). The Morgan fingerprint density at radius 3 is 1.71 bits per heavy atom. The van der Waals surface area contributed by atoms with E-state index in [1.54, 1.807) is 0 Å². The average Bonchev–Trinajstić information content (AvgIpc) is 3.20. The molecule has 19 heteroatoms. The van der Waals surface area contributed by atoms with Gasteiger partial charge in [0.25, 0.3) is 0 Å². The first-order valence-corrected chi connectivity index (χ1v) is 19.1. The zero-order valence-corrected chi connectivity index (χ0v) is 32.9. The molecule has 59 heavy (non-hydrogen) atoms. The summed E-state index contributed by atoms with van der Waals surface area (Å²) in [6.45, 7) is -0.345. The van der Waals surface area contributed by atoms with E-state index in [0.29, 0.717) is 0 Å². The monoisotopic (exact) mass is 833 g/mol. The number of nitrogens with one attached hydrogen (secondary N) is 3. The van der Waals surface area contributed by atoms with E-state index in [9.17, 15) is 24.0 Å². The Labute approximate surface area is 341 Å². The van der Waals surface area contributed by atoms with Gasteiger partial charge in [-0.05, 0) is 27.6 Å². The molecule has 3 aromatic rings. The van der Waals surface area contributed by atoms with Crippen LogP contribution in [0.3, 0.4) is 0 Å². The number of carbonyl (C=O) groups is 5. The Balaban J connectivity index is 1.26. The number of hydrogen-bond donors (Lipinski definition) is 7. The van der Waals surface area contributed by atoms with Gasteiger partial charge in [-0.2, -0.15) is 0 Å². The summed E-state index contributed by atoms with van der Waals surface area (Å²) >= 11 is 0. The van der Waals surface area contributed by atoms with Crippen LogP contribution >= 0.6 is 0 Å². The maximum Gasteiger partial charge on any atom is 0.407 e. The molecular formula is C40H55N3O16. The summed E-state index contributed by atoms with van der Waals surface area (Å²) in [7, 11) is 0. The average molecular weight is 834 g/mol. The number of ether oxygens (including phenoxy) is 7.